The Morgan fingerprint density at radius 3 is 2.27 bits per heavy atom. The van der Waals surface area contributed by atoms with E-state index in [1.54, 1.807) is 0 Å². The van der Waals surface area contributed by atoms with E-state index in [1.807, 2.05) is 0 Å². The quantitative estimate of drug-likeness (QED) is 0.591. The zero-order chi connectivity index (χ0) is 8.91. The van der Waals surface area contributed by atoms with E-state index in [0.29, 0.717) is 0 Å². The van der Waals surface area contributed by atoms with Crippen LogP contribution in [0.2, 0.25) is 0 Å². The lowest BCUT2D eigenvalue weighted by atomic mass is 10.6. The fourth-order valence-electron chi connectivity index (χ4n) is 0.455. The predicted octanol–water partition coefficient (Wildman–Crippen LogP) is 1.18. The van der Waals surface area contributed by atoms with Crippen molar-refractivity contribution in [2.24, 2.45) is 0 Å². The number of hydrogen-bond donors (Lipinski definition) is 0. The number of hydrogen-bond acceptors (Lipinski definition) is 3. The average Bonchev–Trinajstić information content (AvgIpc) is 1.88. The molecule has 5 heteroatoms. The third kappa shape index (κ3) is 3.27. The summed E-state index contributed by atoms with van der Waals surface area (Å²) in [6.07, 6.45) is -3.80. The largest absolute Gasteiger partial charge is 0.460 e. The Hall–Kier alpha value is -0.710. The molecular weight excluding hydrogens is 158 g/mol. The van der Waals surface area contributed by atoms with Gasteiger partial charge in [-0.25, -0.2) is 4.79 Å². The molecule has 0 rings (SSSR count). The predicted molar refractivity (Wildman–Crippen MR) is 33.2 cm³/mol. The Balaban J connectivity index is 3.94. The summed E-state index contributed by atoms with van der Waals surface area (Å²) in [5, 5.41) is 0. The molecule has 0 aliphatic heterocycles. The van der Waals surface area contributed by atoms with Crippen molar-refractivity contribution in [1.82, 2.24) is 0 Å². The van der Waals surface area contributed by atoms with E-state index in [4.69, 9.17) is 0 Å². The van der Waals surface area contributed by atoms with Gasteiger partial charge in [-0.1, -0.05) is 0 Å². The number of esters is 1. The van der Waals surface area contributed by atoms with Gasteiger partial charge in [0, 0.05) is 0 Å². The number of carbonyl (C=O) groups excluding carboxylic acids is 1. The average molecular weight is 168 g/mol. The van der Waals surface area contributed by atoms with Crippen molar-refractivity contribution < 1.29 is 23.0 Å². The van der Waals surface area contributed by atoms with Crippen LogP contribution >= 0.6 is 0 Å². The van der Waals surface area contributed by atoms with Crippen molar-refractivity contribution >= 4 is 5.97 Å². The standard InChI is InChI=1S/C6H10F2O3/c1-3-10-5(9)6(7,8)11-4-2/h3-4H2,1-2H3. The summed E-state index contributed by atoms with van der Waals surface area (Å²) in [5.41, 5.74) is 0. The third-order valence-electron chi connectivity index (χ3n) is 0.839. The molecule has 0 radical (unpaired) electrons. The first kappa shape index (κ1) is 10.3. The van der Waals surface area contributed by atoms with Crippen LogP contribution in [0.25, 0.3) is 0 Å². The van der Waals surface area contributed by atoms with Gasteiger partial charge in [-0.3, -0.25) is 0 Å². The molecule has 0 aliphatic rings. The van der Waals surface area contributed by atoms with Crippen LogP contribution < -0.4 is 0 Å². The van der Waals surface area contributed by atoms with Crippen molar-refractivity contribution in [3.63, 3.8) is 0 Å². The van der Waals surface area contributed by atoms with E-state index >= 15 is 0 Å². The summed E-state index contributed by atoms with van der Waals surface area (Å²) < 4.78 is 32.5. The minimum atomic E-state index is -3.80. The Labute approximate surface area is 63.3 Å². The number of carbonyl (C=O) groups is 1. The van der Waals surface area contributed by atoms with Crippen LogP contribution in [-0.2, 0) is 14.3 Å². The fourth-order valence-corrected chi connectivity index (χ4v) is 0.455. The monoisotopic (exact) mass is 168 g/mol. The molecule has 0 aromatic carbocycles. The number of alkyl halides is 2. The lowest BCUT2D eigenvalue weighted by molar-refractivity contribution is -0.248. The van der Waals surface area contributed by atoms with Gasteiger partial charge in [0.2, 0.25) is 0 Å². The van der Waals surface area contributed by atoms with Gasteiger partial charge in [-0.15, -0.1) is 0 Å². The van der Waals surface area contributed by atoms with E-state index in [2.05, 4.69) is 9.47 Å². The van der Waals surface area contributed by atoms with Crippen molar-refractivity contribution in [3.05, 3.63) is 0 Å². The minimum Gasteiger partial charge on any atom is -0.460 e. The van der Waals surface area contributed by atoms with Gasteiger partial charge in [0.05, 0.1) is 13.2 Å². The van der Waals surface area contributed by atoms with Crippen molar-refractivity contribution in [2.75, 3.05) is 13.2 Å². The summed E-state index contributed by atoms with van der Waals surface area (Å²) in [5.74, 6) is -1.64. The van der Waals surface area contributed by atoms with E-state index < -0.39 is 12.1 Å². The van der Waals surface area contributed by atoms with Gasteiger partial charge < -0.3 is 9.47 Å². The molecule has 11 heavy (non-hydrogen) atoms. The summed E-state index contributed by atoms with van der Waals surface area (Å²) in [7, 11) is 0. The van der Waals surface area contributed by atoms with E-state index in [-0.39, 0.29) is 13.2 Å². The molecule has 0 unspecified atom stereocenters. The van der Waals surface area contributed by atoms with Crippen molar-refractivity contribution in [1.29, 1.82) is 0 Å². The maximum Gasteiger partial charge on any atom is 0.456 e. The number of rotatable bonds is 4. The highest BCUT2D eigenvalue weighted by atomic mass is 19.3. The molecule has 0 atom stereocenters. The fraction of sp³-hybridized carbons (Fsp3) is 0.833. The van der Waals surface area contributed by atoms with Crippen LogP contribution in [0.4, 0.5) is 8.78 Å². The second kappa shape index (κ2) is 4.23. The first-order valence-corrected chi connectivity index (χ1v) is 3.23. The molecule has 0 fully saturated rings. The van der Waals surface area contributed by atoms with E-state index in [0.717, 1.165) is 0 Å². The highest BCUT2D eigenvalue weighted by Crippen LogP contribution is 2.16. The van der Waals surface area contributed by atoms with Crippen LogP contribution in [-0.4, -0.2) is 25.3 Å². The molecule has 0 bridgehead atoms. The molecule has 0 N–H and O–H groups in total. The molecule has 0 spiro atoms. The summed E-state index contributed by atoms with van der Waals surface area (Å²) in [6.45, 7) is 2.50. The van der Waals surface area contributed by atoms with Crippen LogP contribution in [0.5, 0.6) is 0 Å². The molecule has 3 nitrogen and oxygen atoms in total. The van der Waals surface area contributed by atoms with E-state index in [9.17, 15) is 13.6 Å². The summed E-state index contributed by atoms with van der Waals surface area (Å²) in [6, 6.07) is 0. The first-order valence-electron chi connectivity index (χ1n) is 3.23. The molecule has 0 aliphatic carbocycles. The number of ether oxygens (including phenoxy) is 2. The van der Waals surface area contributed by atoms with Gasteiger partial charge in [0.1, 0.15) is 0 Å². The Kier molecular flexibility index (Phi) is 3.95. The SMILES string of the molecule is CCOC(=O)C(F)(F)OCC. The second-order valence-electron chi connectivity index (χ2n) is 1.67. The smallest absolute Gasteiger partial charge is 0.456 e. The van der Waals surface area contributed by atoms with Crippen molar-refractivity contribution in [3.8, 4) is 0 Å². The van der Waals surface area contributed by atoms with Crippen LogP contribution in [0.15, 0.2) is 0 Å². The van der Waals surface area contributed by atoms with Gasteiger partial charge in [0.25, 0.3) is 0 Å². The third-order valence-corrected chi connectivity index (χ3v) is 0.839. The lowest BCUT2D eigenvalue weighted by Gasteiger charge is -2.12. The molecular formula is C6H10F2O3. The van der Waals surface area contributed by atoms with Crippen LogP contribution in [0.3, 0.4) is 0 Å². The van der Waals surface area contributed by atoms with Gasteiger partial charge >= 0.3 is 12.1 Å². The number of halogens is 2. The Bertz CT molecular complexity index is 136. The molecule has 0 aromatic heterocycles. The highest BCUT2D eigenvalue weighted by Gasteiger charge is 2.41. The first-order chi connectivity index (χ1) is 5.04. The highest BCUT2D eigenvalue weighted by molar-refractivity contribution is 5.75. The Morgan fingerprint density at radius 1 is 1.36 bits per heavy atom. The van der Waals surface area contributed by atoms with Crippen LogP contribution in [0.1, 0.15) is 13.8 Å². The topological polar surface area (TPSA) is 35.5 Å². The maximum atomic E-state index is 12.3. The summed E-state index contributed by atoms with van der Waals surface area (Å²) in [4.78, 5) is 10.4. The van der Waals surface area contributed by atoms with Gasteiger partial charge in [-0.05, 0) is 13.8 Å². The molecule has 66 valence electrons. The molecule has 0 heterocycles. The molecule has 0 aromatic rings. The van der Waals surface area contributed by atoms with E-state index in [1.165, 1.54) is 13.8 Å². The van der Waals surface area contributed by atoms with Gasteiger partial charge in [-0.2, -0.15) is 8.78 Å². The minimum absolute atomic E-state index is 0.0818. The molecule has 0 saturated heterocycles. The van der Waals surface area contributed by atoms with Gasteiger partial charge in [0.15, 0.2) is 0 Å². The van der Waals surface area contributed by atoms with Crippen LogP contribution in [0, 0.1) is 0 Å². The maximum absolute atomic E-state index is 12.3. The summed E-state index contributed by atoms with van der Waals surface area (Å²) >= 11 is 0. The second-order valence-corrected chi connectivity index (χ2v) is 1.67. The molecule has 0 amide bonds. The normalized spacial score (nSPS) is 11.3. The zero-order valence-electron chi connectivity index (χ0n) is 6.39. The zero-order valence-corrected chi connectivity index (χ0v) is 6.39. The van der Waals surface area contributed by atoms with Crippen molar-refractivity contribution in [2.45, 2.75) is 20.0 Å². The lowest BCUT2D eigenvalue weighted by Crippen LogP contribution is -2.33. The molecule has 0 saturated carbocycles. The Morgan fingerprint density at radius 2 is 1.91 bits per heavy atom.